The zero-order chi connectivity index (χ0) is 80.5. The maximum absolute atomic E-state index is 10.0. The number of hydrogen-bond donors (Lipinski definition) is 0. The van der Waals surface area contributed by atoms with E-state index in [1.807, 2.05) is 0 Å². The molecule has 0 radical (unpaired) electrons. The van der Waals surface area contributed by atoms with Gasteiger partial charge in [0.05, 0.1) is 44.4 Å². The van der Waals surface area contributed by atoms with Gasteiger partial charge in [-0.15, -0.1) is 0 Å². The Labute approximate surface area is 640 Å². The van der Waals surface area contributed by atoms with Crippen LogP contribution >= 0.6 is 0 Å². The van der Waals surface area contributed by atoms with Crippen LogP contribution in [0.2, 0.25) is 0 Å². The lowest BCUT2D eigenvalue weighted by Gasteiger charge is -2.46. The van der Waals surface area contributed by atoms with Crippen molar-refractivity contribution in [1.29, 1.82) is 0 Å². The normalized spacial score (nSPS) is 14.3. The highest BCUT2D eigenvalue weighted by molar-refractivity contribution is 7.00. The maximum Gasteiger partial charge on any atom is 0.252 e. The monoisotopic (exact) mass is 1380 g/mol. The lowest BCUT2D eigenvalue weighted by molar-refractivity contribution is 0.411. The highest BCUT2D eigenvalue weighted by atomic mass is 15.2. The number of anilines is 6. The first kappa shape index (κ1) is 59.4. The van der Waals surface area contributed by atoms with Gasteiger partial charge >= 0.3 is 0 Å². The summed E-state index contributed by atoms with van der Waals surface area (Å²) in [7, 11) is 0. The van der Waals surface area contributed by atoms with E-state index in [0.29, 0.717) is 28.2 Å². The van der Waals surface area contributed by atoms with E-state index in [1.54, 1.807) is 0 Å². The smallest absolute Gasteiger partial charge is 0.252 e. The lowest BCUT2D eigenvalue weighted by atomic mass is 9.33. The predicted molar refractivity (Wildman–Crippen MR) is 458 cm³/mol. The molecule has 4 nitrogen and oxygen atoms in total. The van der Waals surface area contributed by atoms with Gasteiger partial charge in [0.2, 0.25) is 0 Å². The third-order valence-corrected chi connectivity index (χ3v) is 21.5. The quantitative estimate of drug-likeness (QED) is 0.120. The van der Waals surface area contributed by atoms with Crippen LogP contribution in [0.15, 0.2) is 279 Å². The molecule has 2 aromatic heterocycles. The van der Waals surface area contributed by atoms with Crippen molar-refractivity contribution in [3.05, 3.63) is 307 Å². The fourth-order valence-electron chi connectivity index (χ4n) is 17.0. The van der Waals surface area contributed by atoms with E-state index in [4.69, 9.17) is 0 Å². The fourth-order valence-corrected chi connectivity index (χ4v) is 17.0. The van der Waals surface area contributed by atoms with Crippen molar-refractivity contribution in [2.75, 3.05) is 9.80 Å². The second-order valence-corrected chi connectivity index (χ2v) is 35.5. The van der Waals surface area contributed by atoms with Crippen LogP contribution < -0.4 is 26.2 Å². The Balaban J connectivity index is 1.08. The van der Waals surface area contributed by atoms with Crippen molar-refractivity contribution in [2.24, 2.45) is 16.2 Å². The third kappa shape index (κ3) is 12.2. The first-order valence-corrected chi connectivity index (χ1v) is 37.7. The van der Waals surface area contributed by atoms with Gasteiger partial charge in [-0.2, -0.15) is 0 Å². The fraction of sp³-hybridized carbons (Fsp3) is 0.228. The van der Waals surface area contributed by atoms with Crippen molar-refractivity contribution in [3.63, 3.8) is 0 Å². The van der Waals surface area contributed by atoms with Gasteiger partial charge in [0.1, 0.15) is 0 Å². The summed E-state index contributed by atoms with van der Waals surface area (Å²) in [5.74, 6) is 0. The summed E-state index contributed by atoms with van der Waals surface area (Å²) in [5, 5.41) is 2.46. The number of fused-ring (bicyclic) bond motifs is 10. The van der Waals surface area contributed by atoms with Crippen LogP contribution in [-0.4, -0.2) is 15.8 Å². The van der Waals surface area contributed by atoms with E-state index < -0.39 is 6.71 Å². The second-order valence-electron chi connectivity index (χ2n) is 35.5. The molecule has 2 aliphatic rings. The molecule has 0 aliphatic carbocycles. The van der Waals surface area contributed by atoms with Crippen LogP contribution in [0.3, 0.4) is 0 Å². The average molecular weight is 1390 g/mol. The van der Waals surface area contributed by atoms with E-state index in [1.165, 1.54) is 11.1 Å². The molecule has 0 atom stereocenters. The van der Waals surface area contributed by atoms with Crippen LogP contribution in [0.25, 0.3) is 99.5 Å². The van der Waals surface area contributed by atoms with Gasteiger partial charge in [-0.25, -0.2) is 0 Å². The van der Waals surface area contributed by atoms with Gasteiger partial charge in [-0.3, -0.25) is 0 Å². The van der Waals surface area contributed by atoms with Crippen molar-refractivity contribution in [1.82, 2.24) is 9.13 Å². The van der Waals surface area contributed by atoms with E-state index in [9.17, 15) is 11.0 Å². The molecule has 0 amide bonds. The lowest BCUT2D eigenvalue weighted by Crippen LogP contribution is -2.61. The zero-order valence-electron chi connectivity index (χ0n) is 71.9. The molecule has 2 aliphatic heterocycles. The number of aromatic nitrogens is 2. The molecule has 106 heavy (non-hydrogen) atoms. The predicted octanol–water partition coefficient (Wildman–Crippen LogP) is 26.0. The molecule has 0 N–H and O–H groups in total. The second kappa shape index (κ2) is 25.4. The first-order valence-electron chi connectivity index (χ1n) is 41.7. The largest absolute Gasteiger partial charge is 0.310 e. The molecule has 4 heterocycles. The molecule has 0 bridgehead atoms. The molecule has 0 saturated heterocycles. The Kier molecular flexibility index (Phi) is 14.3. The summed E-state index contributed by atoms with van der Waals surface area (Å²) < 4.78 is 81.3. The van der Waals surface area contributed by atoms with Crippen molar-refractivity contribution < 1.29 is 11.0 Å². The third-order valence-electron chi connectivity index (χ3n) is 21.5. The van der Waals surface area contributed by atoms with Gasteiger partial charge in [-0.1, -0.05) is 286 Å². The summed E-state index contributed by atoms with van der Waals surface area (Å²) >= 11 is 0. The van der Waals surface area contributed by atoms with Gasteiger partial charge < -0.3 is 18.9 Å². The number of rotatable bonds is 11. The van der Waals surface area contributed by atoms with E-state index >= 15 is 0 Å². The number of nitrogens with zero attached hydrogens (tertiary/aromatic N) is 4. The Morgan fingerprint density at radius 1 is 0.302 bits per heavy atom. The molecule has 17 rings (SSSR count). The molecular weight excluding hydrogens is 1280 g/mol. The maximum atomic E-state index is 10.0. The molecule has 13 aromatic carbocycles. The Hall–Kier alpha value is -10.9. The number of benzene rings is 13. The van der Waals surface area contributed by atoms with E-state index in [-0.39, 0.29) is 75.4 Å². The van der Waals surface area contributed by atoms with Crippen LogP contribution in [-0.2, 0) is 30.1 Å². The van der Waals surface area contributed by atoms with Crippen LogP contribution in [0.5, 0.6) is 0 Å². The van der Waals surface area contributed by atoms with Gasteiger partial charge in [0.25, 0.3) is 6.71 Å². The molecule has 5 heteroatoms. The number of hydrogen-bond acceptors (Lipinski definition) is 2. The van der Waals surface area contributed by atoms with Crippen LogP contribution in [0, 0.1) is 16.2 Å². The minimum Gasteiger partial charge on any atom is -0.310 e. The average Bonchev–Trinajstić information content (AvgIpc) is 0.773. The molecular formula is C101H97BN4. The highest BCUT2D eigenvalue weighted by Gasteiger charge is 2.46. The summed E-state index contributed by atoms with van der Waals surface area (Å²) in [6.07, 6.45) is 2.20. The van der Waals surface area contributed by atoms with Crippen molar-refractivity contribution in [3.8, 4) is 55.9 Å². The van der Waals surface area contributed by atoms with Gasteiger partial charge in [-0.05, 0) is 210 Å². The van der Waals surface area contributed by atoms with Crippen molar-refractivity contribution in [2.45, 2.75) is 134 Å². The molecule has 0 saturated carbocycles. The molecule has 15 aromatic rings. The summed E-state index contributed by atoms with van der Waals surface area (Å²) in [6.45, 7) is 33.5. The SMILES string of the molecule is [2H]c1c([2H])c([2H])c2c(c1[2H])c1cc(CC(C)(C)C)ccc1n2-c1ccc2c(c1)N(c1c(-c3ccccc3)cc(C(C)(C)C)cc1-c1ccccc1)c1cc(CC(C)(C)C)cc3c1B2c1ccc(-n2c4ccc(CC(C)(C)C)cc4c4c([2H])c([2H])c([2H])c([2H])c42)cc1N3c1c(-c2ccccc2)cc(C(C)(C)C)cc1-c1ccccc1. The molecule has 524 valence electrons. The molecule has 0 unspecified atom stereocenters. The Morgan fingerprint density at radius 3 is 0.962 bits per heavy atom. The standard InChI is InChI=1S/C101H97BN4/c1-97(2,3)62-65-44-50-88-82(52-65)76-40-28-30-42-86(76)103(88)74-46-48-84-90(60-74)105(95-78(68-32-20-16-21-33-68)56-72(100(10,11)12)57-79(95)69-34-22-17-23-35-69)92-54-67(64-99(7,8)9)55-93-94(92)102(84)85-49-47-75(104-87-43-31-29-41-77(87)83-53-66(45-51-89(83)104)63-98(4,5)6)61-91(85)106(93)96-80(70-36-24-18-25-37-70)58-73(101(13,14)15)59-81(96)71-38-26-19-27-39-71/h16-61H,62-64H2,1-15H3/i28D,29D,30D,31D,40D,41D,42D,43D. The van der Waals surface area contributed by atoms with Gasteiger partial charge in [0, 0.05) is 77.9 Å². The van der Waals surface area contributed by atoms with E-state index in [2.05, 4.69) is 353 Å². The minimum absolute atomic E-state index is 0.0710. The zero-order valence-corrected chi connectivity index (χ0v) is 63.9. The minimum atomic E-state index is -0.492. The summed E-state index contributed by atoms with van der Waals surface area (Å²) in [4.78, 5) is 5.13. The topological polar surface area (TPSA) is 16.3 Å². The van der Waals surface area contributed by atoms with Crippen molar-refractivity contribution >= 4 is 101 Å². The number of para-hydroxylation sites is 2. The molecule has 0 fully saturated rings. The van der Waals surface area contributed by atoms with Crippen LogP contribution in [0.4, 0.5) is 34.1 Å². The summed E-state index contributed by atoms with van der Waals surface area (Å²) in [6, 6.07) is 82.7. The van der Waals surface area contributed by atoms with Gasteiger partial charge in [0.15, 0.2) is 0 Å². The Morgan fingerprint density at radius 2 is 0.632 bits per heavy atom. The van der Waals surface area contributed by atoms with E-state index in [0.717, 1.165) is 158 Å². The molecule has 0 spiro atoms. The Bertz CT molecular complexity index is 5950. The van der Waals surface area contributed by atoms with Crippen LogP contribution in [0.1, 0.15) is 143 Å². The first-order chi connectivity index (χ1) is 54.0. The highest BCUT2D eigenvalue weighted by Crippen LogP contribution is 2.56. The summed E-state index contributed by atoms with van der Waals surface area (Å²) in [5.41, 5.74) is 25.5.